The SMILES string of the molecule is CNc1cc(C)c(C)cc1C(=O)O. The molecule has 1 aromatic rings. The van der Waals surface area contributed by atoms with Gasteiger partial charge in [-0.2, -0.15) is 0 Å². The number of nitrogens with one attached hydrogen (secondary N) is 1. The van der Waals surface area contributed by atoms with Crippen molar-refractivity contribution in [3.8, 4) is 0 Å². The van der Waals surface area contributed by atoms with E-state index in [-0.39, 0.29) is 0 Å². The van der Waals surface area contributed by atoms with Crippen LogP contribution < -0.4 is 5.32 Å². The van der Waals surface area contributed by atoms with E-state index in [1.165, 1.54) is 0 Å². The van der Waals surface area contributed by atoms with Crippen molar-refractivity contribution in [3.05, 3.63) is 28.8 Å². The Morgan fingerprint density at radius 1 is 1.31 bits per heavy atom. The molecule has 13 heavy (non-hydrogen) atoms. The summed E-state index contributed by atoms with van der Waals surface area (Å²) in [6, 6.07) is 3.53. The second-order valence-corrected chi connectivity index (χ2v) is 3.04. The molecule has 1 rings (SSSR count). The molecule has 0 heterocycles. The number of aryl methyl sites for hydroxylation is 2. The van der Waals surface area contributed by atoms with Gasteiger partial charge in [0.05, 0.1) is 5.56 Å². The molecule has 3 heteroatoms. The lowest BCUT2D eigenvalue weighted by Crippen LogP contribution is -2.04. The minimum atomic E-state index is -0.896. The Morgan fingerprint density at radius 2 is 1.85 bits per heavy atom. The van der Waals surface area contributed by atoms with E-state index in [1.807, 2.05) is 19.9 Å². The van der Waals surface area contributed by atoms with E-state index in [1.54, 1.807) is 13.1 Å². The molecule has 0 aliphatic carbocycles. The average molecular weight is 179 g/mol. The Bertz CT molecular complexity index is 345. The molecule has 0 fully saturated rings. The van der Waals surface area contributed by atoms with E-state index in [0.717, 1.165) is 11.1 Å². The third kappa shape index (κ3) is 1.80. The summed E-state index contributed by atoms with van der Waals surface area (Å²) in [6.07, 6.45) is 0. The summed E-state index contributed by atoms with van der Waals surface area (Å²) in [5.74, 6) is -0.896. The van der Waals surface area contributed by atoms with Crippen LogP contribution in [-0.4, -0.2) is 18.1 Å². The average Bonchev–Trinajstić information content (AvgIpc) is 2.08. The van der Waals surface area contributed by atoms with Crippen LogP contribution in [0.1, 0.15) is 21.5 Å². The van der Waals surface area contributed by atoms with Crippen LogP contribution >= 0.6 is 0 Å². The first-order valence-corrected chi connectivity index (χ1v) is 4.08. The van der Waals surface area contributed by atoms with Gasteiger partial charge in [-0.15, -0.1) is 0 Å². The van der Waals surface area contributed by atoms with Gasteiger partial charge in [0.1, 0.15) is 0 Å². The van der Waals surface area contributed by atoms with Crippen molar-refractivity contribution in [2.24, 2.45) is 0 Å². The molecule has 3 nitrogen and oxygen atoms in total. The third-order valence-electron chi connectivity index (χ3n) is 2.13. The highest BCUT2D eigenvalue weighted by Gasteiger charge is 2.10. The van der Waals surface area contributed by atoms with Crippen molar-refractivity contribution < 1.29 is 9.90 Å². The molecule has 0 spiro atoms. The fraction of sp³-hybridized carbons (Fsp3) is 0.300. The lowest BCUT2D eigenvalue weighted by atomic mass is 10.0. The zero-order valence-corrected chi connectivity index (χ0v) is 8.01. The minimum Gasteiger partial charge on any atom is -0.478 e. The summed E-state index contributed by atoms with van der Waals surface area (Å²) >= 11 is 0. The maximum atomic E-state index is 10.8. The van der Waals surface area contributed by atoms with Crippen LogP contribution in [0.4, 0.5) is 5.69 Å². The molecule has 0 saturated carbocycles. The number of carboxylic acids is 1. The summed E-state index contributed by atoms with van der Waals surface area (Å²) in [4.78, 5) is 10.8. The maximum absolute atomic E-state index is 10.8. The molecule has 0 unspecified atom stereocenters. The first-order valence-electron chi connectivity index (χ1n) is 4.08. The Labute approximate surface area is 77.4 Å². The molecule has 2 N–H and O–H groups in total. The first-order chi connectivity index (χ1) is 6.06. The zero-order valence-electron chi connectivity index (χ0n) is 8.01. The van der Waals surface area contributed by atoms with Gasteiger partial charge in [-0.3, -0.25) is 0 Å². The van der Waals surface area contributed by atoms with Crippen LogP contribution in [0.3, 0.4) is 0 Å². The van der Waals surface area contributed by atoms with E-state index >= 15 is 0 Å². The molecule has 0 radical (unpaired) electrons. The smallest absolute Gasteiger partial charge is 0.337 e. The second kappa shape index (κ2) is 3.47. The Kier molecular flexibility index (Phi) is 2.56. The van der Waals surface area contributed by atoms with E-state index in [0.29, 0.717) is 11.3 Å². The molecule has 0 amide bonds. The molecule has 0 aromatic heterocycles. The van der Waals surface area contributed by atoms with Gasteiger partial charge in [-0.1, -0.05) is 0 Å². The number of carboxylic acid groups (broad SMARTS) is 1. The number of rotatable bonds is 2. The predicted molar refractivity (Wildman–Crippen MR) is 52.4 cm³/mol. The number of carbonyl (C=O) groups is 1. The van der Waals surface area contributed by atoms with Gasteiger partial charge in [0.25, 0.3) is 0 Å². The second-order valence-electron chi connectivity index (χ2n) is 3.04. The molecule has 70 valence electrons. The molecule has 0 atom stereocenters. The molecule has 0 aliphatic heterocycles. The Morgan fingerprint density at radius 3 is 2.31 bits per heavy atom. The lowest BCUT2D eigenvalue weighted by molar-refractivity contribution is 0.0698. The minimum absolute atomic E-state index is 0.325. The standard InChI is InChI=1S/C10H13NO2/c1-6-4-8(10(12)13)9(11-3)5-7(6)2/h4-5,11H,1-3H3,(H,12,13). The normalized spacial score (nSPS) is 9.77. The van der Waals surface area contributed by atoms with Crippen LogP contribution in [0.25, 0.3) is 0 Å². The van der Waals surface area contributed by atoms with Gasteiger partial charge in [0.2, 0.25) is 0 Å². The van der Waals surface area contributed by atoms with Gasteiger partial charge in [0.15, 0.2) is 0 Å². The van der Waals surface area contributed by atoms with Crippen molar-refractivity contribution in [3.63, 3.8) is 0 Å². The highest BCUT2D eigenvalue weighted by atomic mass is 16.4. The van der Waals surface area contributed by atoms with Crippen LogP contribution in [0, 0.1) is 13.8 Å². The monoisotopic (exact) mass is 179 g/mol. The van der Waals surface area contributed by atoms with Crippen LogP contribution in [-0.2, 0) is 0 Å². The van der Waals surface area contributed by atoms with Crippen molar-refractivity contribution in [1.82, 2.24) is 0 Å². The number of benzene rings is 1. The largest absolute Gasteiger partial charge is 0.478 e. The number of hydrogen-bond donors (Lipinski definition) is 2. The zero-order chi connectivity index (χ0) is 10.0. The Balaban J connectivity index is 3.33. The van der Waals surface area contributed by atoms with Gasteiger partial charge < -0.3 is 10.4 Å². The maximum Gasteiger partial charge on any atom is 0.337 e. The van der Waals surface area contributed by atoms with Crippen molar-refractivity contribution >= 4 is 11.7 Å². The first kappa shape index (κ1) is 9.58. The van der Waals surface area contributed by atoms with Crippen molar-refractivity contribution in [2.75, 3.05) is 12.4 Å². The van der Waals surface area contributed by atoms with Crippen LogP contribution in [0.5, 0.6) is 0 Å². The quantitative estimate of drug-likeness (QED) is 0.730. The highest BCUT2D eigenvalue weighted by molar-refractivity contribution is 5.94. The van der Waals surface area contributed by atoms with Gasteiger partial charge in [-0.05, 0) is 37.1 Å². The van der Waals surface area contributed by atoms with Crippen molar-refractivity contribution in [1.29, 1.82) is 0 Å². The molecule has 0 aliphatic rings. The number of aromatic carboxylic acids is 1. The molecule has 0 bridgehead atoms. The highest BCUT2D eigenvalue weighted by Crippen LogP contribution is 2.20. The van der Waals surface area contributed by atoms with Gasteiger partial charge in [-0.25, -0.2) is 4.79 Å². The Hall–Kier alpha value is -1.51. The fourth-order valence-corrected chi connectivity index (χ4v) is 1.20. The van der Waals surface area contributed by atoms with Gasteiger partial charge >= 0.3 is 5.97 Å². The van der Waals surface area contributed by atoms with Crippen molar-refractivity contribution in [2.45, 2.75) is 13.8 Å². The molecular formula is C10H13NO2. The summed E-state index contributed by atoms with van der Waals surface area (Å²) in [5, 5.41) is 11.7. The molecule has 0 saturated heterocycles. The molecular weight excluding hydrogens is 166 g/mol. The van der Waals surface area contributed by atoms with Gasteiger partial charge in [0, 0.05) is 12.7 Å². The van der Waals surface area contributed by atoms with E-state index in [4.69, 9.17) is 5.11 Å². The van der Waals surface area contributed by atoms with E-state index < -0.39 is 5.97 Å². The number of anilines is 1. The summed E-state index contributed by atoms with van der Waals surface area (Å²) in [6.45, 7) is 3.86. The summed E-state index contributed by atoms with van der Waals surface area (Å²) in [5.41, 5.74) is 3.08. The van der Waals surface area contributed by atoms with Crippen LogP contribution in [0.2, 0.25) is 0 Å². The van der Waals surface area contributed by atoms with E-state index in [2.05, 4.69) is 5.32 Å². The fourth-order valence-electron chi connectivity index (χ4n) is 1.20. The summed E-state index contributed by atoms with van der Waals surface area (Å²) in [7, 11) is 1.72. The van der Waals surface area contributed by atoms with Crippen LogP contribution in [0.15, 0.2) is 12.1 Å². The number of hydrogen-bond acceptors (Lipinski definition) is 2. The predicted octanol–water partition coefficient (Wildman–Crippen LogP) is 2.04. The topological polar surface area (TPSA) is 49.3 Å². The lowest BCUT2D eigenvalue weighted by Gasteiger charge is -2.08. The van der Waals surface area contributed by atoms with E-state index in [9.17, 15) is 4.79 Å². The summed E-state index contributed by atoms with van der Waals surface area (Å²) < 4.78 is 0. The third-order valence-corrected chi connectivity index (χ3v) is 2.13. The molecule has 1 aromatic carbocycles.